The Morgan fingerprint density at radius 1 is 1.22 bits per heavy atom. The van der Waals surface area contributed by atoms with Gasteiger partial charge in [0.15, 0.2) is 6.61 Å². The average Bonchev–Trinajstić information content (AvgIpc) is 3.11. The molecule has 27 heavy (non-hydrogen) atoms. The molecule has 3 aromatic rings. The van der Waals surface area contributed by atoms with E-state index in [2.05, 4.69) is 5.32 Å². The third-order valence-corrected chi connectivity index (χ3v) is 5.02. The second kappa shape index (κ2) is 7.08. The maximum absolute atomic E-state index is 12.3. The van der Waals surface area contributed by atoms with E-state index in [0.29, 0.717) is 28.5 Å². The van der Waals surface area contributed by atoms with Gasteiger partial charge < -0.3 is 14.5 Å². The molecule has 0 radical (unpaired) electrons. The van der Waals surface area contributed by atoms with E-state index >= 15 is 0 Å². The smallest absolute Gasteiger partial charge is 0.339 e. The zero-order valence-corrected chi connectivity index (χ0v) is 15.6. The normalized spacial score (nSPS) is 12.8. The van der Waals surface area contributed by atoms with Crippen molar-refractivity contribution in [3.8, 4) is 5.75 Å². The Hall–Kier alpha value is -2.79. The number of fused-ring (bicyclic) bond motifs is 3. The number of rotatable bonds is 4. The van der Waals surface area contributed by atoms with E-state index in [0.717, 1.165) is 34.9 Å². The van der Waals surface area contributed by atoms with E-state index in [1.165, 1.54) is 0 Å². The molecule has 2 aromatic carbocycles. The van der Waals surface area contributed by atoms with Gasteiger partial charge in [-0.3, -0.25) is 4.79 Å². The maximum atomic E-state index is 12.3. The van der Waals surface area contributed by atoms with Crippen molar-refractivity contribution in [2.75, 3.05) is 11.9 Å². The number of carbonyl (C=O) groups is 1. The van der Waals surface area contributed by atoms with E-state index in [1.54, 1.807) is 24.3 Å². The van der Waals surface area contributed by atoms with Gasteiger partial charge in [-0.15, -0.1) is 0 Å². The number of benzene rings is 2. The predicted molar refractivity (Wildman–Crippen MR) is 105 cm³/mol. The summed E-state index contributed by atoms with van der Waals surface area (Å²) < 4.78 is 11.3. The minimum absolute atomic E-state index is 0.169. The minimum Gasteiger partial charge on any atom is -0.483 e. The van der Waals surface area contributed by atoms with Crippen molar-refractivity contribution < 1.29 is 13.9 Å². The summed E-state index contributed by atoms with van der Waals surface area (Å²) in [5, 5.41) is 3.99. The van der Waals surface area contributed by atoms with Gasteiger partial charge in [0.2, 0.25) is 0 Å². The molecule has 0 saturated heterocycles. The summed E-state index contributed by atoms with van der Waals surface area (Å²) in [7, 11) is 0. The number of hydrogen-bond acceptors (Lipinski definition) is 4. The molecular formula is C21H18ClNO4. The Morgan fingerprint density at radius 3 is 2.81 bits per heavy atom. The van der Waals surface area contributed by atoms with Gasteiger partial charge in [-0.05, 0) is 61.6 Å². The third kappa shape index (κ3) is 3.43. The Morgan fingerprint density at radius 2 is 2.00 bits per heavy atom. The fraction of sp³-hybridized carbons (Fsp3) is 0.238. The first-order chi connectivity index (χ1) is 13.0. The fourth-order valence-electron chi connectivity index (χ4n) is 3.51. The summed E-state index contributed by atoms with van der Waals surface area (Å²) in [4.78, 5) is 24.4. The van der Waals surface area contributed by atoms with E-state index in [1.807, 2.05) is 19.1 Å². The van der Waals surface area contributed by atoms with Crippen molar-refractivity contribution in [2.45, 2.75) is 26.2 Å². The molecule has 0 fully saturated rings. The first kappa shape index (κ1) is 17.6. The molecular weight excluding hydrogens is 366 g/mol. The summed E-state index contributed by atoms with van der Waals surface area (Å²) >= 11 is 6.07. The monoisotopic (exact) mass is 383 g/mol. The van der Waals surface area contributed by atoms with Crippen molar-refractivity contribution >= 4 is 34.2 Å². The number of amides is 1. The minimum atomic E-state index is -0.313. The van der Waals surface area contributed by atoms with Crippen LogP contribution in [0.4, 0.5) is 5.69 Å². The lowest BCUT2D eigenvalue weighted by Crippen LogP contribution is -2.20. The molecule has 0 bridgehead atoms. The van der Waals surface area contributed by atoms with E-state index in [4.69, 9.17) is 20.8 Å². The molecule has 138 valence electrons. The average molecular weight is 384 g/mol. The van der Waals surface area contributed by atoms with Crippen LogP contribution >= 0.6 is 11.6 Å². The van der Waals surface area contributed by atoms with Gasteiger partial charge in [0.05, 0.1) is 16.1 Å². The molecule has 1 amide bonds. The standard InChI is InChI=1S/C21H18ClNO4/c1-12-9-17(26-11-19(24)23-16-8-3-2-7-15(16)22)20-13-5-4-6-14(13)21(25)27-18(20)10-12/h2-3,7-10H,4-6,11H2,1H3,(H,23,24). The van der Waals surface area contributed by atoms with Gasteiger partial charge in [0.25, 0.3) is 5.91 Å². The number of carbonyl (C=O) groups excluding carboxylic acids is 1. The van der Waals surface area contributed by atoms with Gasteiger partial charge >= 0.3 is 5.63 Å². The lowest BCUT2D eigenvalue weighted by molar-refractivity contribution is -0.118. The highest BCUT2D eigenvalue weighted by Gasteiger charge is 2.22. The zero-order chi connectivity index (χ0) is 19.0. The van der Waals surface area contributed by atoms with Crippen molar-refractivity contribution in [2.24, 2.45) is 0 Å². The van der Waals surface area contributed by atoms with Gasteiger partial charge in [-0.1, -0.05) is 23.7 Å². The van der Waals surface area contributed by atoms with Crippen molar-refractivity contribution in [1.29, 1.82) is 0 Å². The number of nitrogens with one attached hydrogen (secondary N) is 1. The summed E-state index contributed by atoms with van der Waals surface area (Å²) in [6.07, 6.45) is 2.44. The summed E-state index contributed by atoms with van der Waals surface area (Å²) in [5.74, 6) is 0.244. The molecule has 0 aliphatic heterocycles. The number of hydrogen-bond donors (Lipinski definition) is 1. The van der Waals surface area contributed by atoms with Gasteiger partial charge in [0, 0.05) is 5.56 Å². The van der Waals surface area contributed by atoms with Gasteiger partial charge in [-0.2, -0.15) is 0 Å². The Balaban J connectivity index is 1.62. The van der Waals surface area contributed by atoms with Crippen LogP contribution in [0.15, 0.2) is 45.6 Å². The molecule has 1 aromatic heterocycles. The highest BCUT2D eigenvalue weighted by molar-refractivity contribution is 6.33. The lowest BCUT2D eigenvalue weighted by Gasteiger charge is -2.13. The molecule has 4 rings (SSSR count). The topological polar surface area (TPSA) is 68.5 Å². The number of ether oxygens (including phenoxy) is 1. The molecule has 0 saturated carbocycles. The quantitative estimate of drug-likeness (QED) is 0.683. The number of halogens is 1. The summed E-state index contributed by atoms with van der Waals surface area (Å²) in [6.45, 7) is 1.72. The molecule has 6 heteroatoms. The van der Waals surface area contributed by atoms with Crippen LogP contribution < -0.4 is 15.7 Å². The molecule has 1 heterocycles. The van der Waals surface area contributed by atoms with Gasteiger partial charge in [0.1, 0.15) is 11.3 Å². The molecule has 5 nitrogen and oxygen atoms in total. The SMILES string of the molecule is Cc1cc(OCC(=O)Nc2ccccc2Cl)c2c3c(c(=O)oc2c1)CCC3. The van der Waals surface area contributed by atoms with E-state index in [-0.39, 0.29) is 18.1 Å². The van der Waals surface area contributed by atoms with Crippen molar-refractivity contribution in [1.82, 2.24) is 0 Å². The Labute approximate surface area is 160 Å². The summed E-state index contributed by atoms with van der Waals surface area (Å²) in [6, 6.07) is 10.7. The first-order valence-electron chi connectivity index (χ1n) is 8.79. The lowest BCUT2D eigenvalue weighted by atomic mass is 10.0. The molecule has 1 N–H and O–H groups in total. The zero-order valence-electron chi connectivity index (χ0n) is 14.8. The highest BCUT2D eigenvalue weighted by Crippen LogP contribution is 2.35. The fourth-order valence-corrected chi connectivity index (χ4v) is 3.69. The predicted octanol–water partition coefficient (Wildman–Crippen LogP) is 4.26. The van der Waals surface area contributed by atoms with Crippen LogP contribution in [0.1, 0.15) is 23.1 Å². The first-order valence-corrected chi connectivity index (χ1v) is 9.17. The largest absolute Gasteiger partial charge is 0.483 e. The van der Waals surface area contributed by atoms with Crippen LogP contribution in [-0.2, 0) is 17.6 Å². The second-order valence-electron chi connectivity index (χ2n) is 6.65. The van der Waals surface area contributed by atoms with Crippen LogP contribution in [0, 0.1) is 6.92 Å². The Kier molecular flexibility index (Phi) is 4.62. The highest BCUT2D eigenvalue weighted by atomic mass is 35.5. The number of para-hydroxylation sites is 1. The van der Waals surface area contributed by atoms with Crippen LogP contribution in [0.5, 0.6) is 5.75 Å². The Bertz CT molecular complexity index is 1100. The van der Waals surface area contributed by atoms with Crippen LogP contribution in [0.25, 0.3) is 11.0 Å². The molecule has 0 unspecified atom stereocenters. The molecule has 1 aliphatic rings. The number of aryl methyl sites for hydroxylation is 2. The van der Waals surface area contributed by atoms with Crippen molar-refractivity contribution in [3.63, 3.8) is 0 Å². The van der Waals surface area contributed by atoms with E-state index < -0.39 is 0 Å². The molecule has 0 spiro atoms. The molecule has 1 aliphatic carbocycles. The number of anilines is 1. The van der Waals surface area contributed by atoms with Crippen LogP contribution in [-0.4, -0.2) is 12.5 Å². The summed E-state index contributed by atoms with van der Waals surface area (Å²) in [5.41, 5.74) is 3.35. The van der Waals surface area contributed by atoms with E-state index in [9.17, 15) is 9.59 Å². The van der Waals surface area contributed by atoms with Crippen LogP contribution in [0.3, 0.4) is 0 Å². The maximum Gasteiger partial charge on any atom is 0.339 e. The van der Waals surface area contributed by atoms with Crippen molar-refractivity contribution in [3.05, 3.63) is 68.5 Å². The third-order valence-electron chi connectivity index (χ3n) is 4.69. The molecule has 0 atom stereocenters. The van der Waals surface area contributed by atoms with Crippen LogP contribution in [0.2, 0.25) is 5.02 Å². The van der Waals surface area contributed by atoms with Gasteiger partial charge in [-0.25, -0.2) is 4.79 Å². The second-order valence-corrected chi connectivity index (χ2v) is 7.06.